The van der Waals surface area contributed by atoms with Crippen LogP contribution >= 0.6 is 0 Å². The summed E-state index contributed by atoms with van der Waals surface area (Å²) < 4.78 is 1.77. The number of anilines is 3. The molecule has 2 rings (SSSR count). The highest BCUT2D eigenvalue weighted by Crippen LogP contribution is 2.20. The van der Waals surface area contributed by atoms with Crippen molar-refractivity contribution in [1.29, 1.82) is 0 Å². The largest absolute Gasteiger partial charge is 0.378 e. The molecule has 0 aliphatic rings. The Balaban J connectivity index is 2.14. The first kappa shape index (κ1) is 12.7. The summed E-state index contributed by atoms with van der Waals surface area (Å²) in [5.74, 6) is 0.0163. The summed E-state index contributed by atoms with van der Waals surface area (Å²) in [6, 6.07) is 0. The van der Waals surface area contributed by atoms with Crippen molar-refractivity contribution in [1.82, 2.24) is 19.7 Å². The molecule has 9 nitrogen and oxygen atoms in total. The second-order valence-corrected chi connectivity index (χ2v) is 3.84. The molecule has 0 aliphatic heterocycles. The van der Waals surface area contributed by atoms with E-state index in [0.29, 0.717) is 5.69 Å². The van der Waals surface area contributed by atoms with Gasteiger partial charge in [0.15, 0.2) is 0 Å². The van der Waals surface area contributed by atoms with E-state index in [1.54, 1.807) is 17.1 Å². The quantitative estimate of drug-likeness (QED) is 0.615. The maximum Gasteiger partial charge on any atom is 0.329 e. The van der Waals surface area contributed by atoms with E-state index >= 15 is 0 Å². The Morgan fingerprint density at radius 2 is 2.32 bits per heavy atom. The van der Waals surface area contributed by atoms with Crippen molar-refractivity contribution in [3.05, 3.63) is 28.7 Å². The number of nitrogens with one attached hydrogen (secondary N) is 1. The Hall–Kier alpha value is -2.71. The third kappa shape index (κ3) is 2.94. The van der Waals surface area contributed by atoms with Crippen LogP contribution in [0.2, 0.25) is 0 Å². The summed E-state index contributed by atoms with van der Waals surface area (Å²) in [5, 5.41) is 17.6. The summed E-state index contributed by atoms with van der Waals surface area (Å²) in [6.45, 7) is 2.86. The molecule has 2 aromatic heterocycles. The Kier molecular flexibility index (Phi) is 3.55. The van der Waals surface area contributed by atoms with Crippen LogP contribution in [0.25, 0.3) is 0 Å². The van der Waals surface area contributed by atoms with E-state index in [9.17, 15) is 10.1 Å². The van der Waals surface area contributed by atoms with Gasteiger partial charge in [-0.1, -0.05) is 6.92 Å². The molecule has 0 radical (unpaired) electrons. The average molecular weight is 263 g/mol. The third-order valence-electron chi connectivity index (χ3n) is 2.34. The van der Waals surface area contributed by atoms with Gasteiger partial charge in [0, 0.05) is 12.7 Å². The van der Waals surface area contributed by atoms with E-state index in [4.69, 9.17) is 5.73 Å². The van der Waals surface area contributed by atoms with Gasteiger partial charge in [-0.2, -0.15) is 10.1 Å². The molecule has 0 fully saturated rings. The third-order valence-corrected chi connectivity index (χ3v) is 2.34. The molecule has 0 saturated carbocycles. The number of nitrogens with two attached hydrogens (primary N) is 1. The predicted molar refractivity (Wildman–Crippen MR) is 68.9 cm³/mol. The van der Waals surface area contributed by atoms with E-state index in [1.165, 1.54) is 0 Å². The van der Waals surface area contributed by atoms with Crippen LogP contribution in [0.4, 0.5) is 23.1 Å². The summed E-state index contributed by atoms with van der Waals surface area (Å²) in [5.41, 5.74) is 5.86. The van der Waals surface area contributed by atoms with Crippen molar-refractivity contribution in [2.24, 2.45) is 0 Å². The number of nitrogens with zero attached hydrogens (tertiary/aromatic N) is 5. The molecule has 2 heterocycles. The second kappa shape index (κ2) is 5.29. The highest BCUT2D eigenvalue weighted by Gasteiger charge is 2.14. The van der Waals surface area contributed by atoms with Gasteiger partial charge in [-0.3, -0.25) is 14.8 Å². The summed E-state index contributed by atoms with van der Waals surface area (Å²) >= 11 is 0. The van der Waals surface area contributed by atoms with Gasteiger partial charge in [0.2, 0.25) is 11.8 Å². The maximum atomic E-state index is 10.6. The van der Waals surface area contributed by atoms with Crippen LogP contribution in [0.15, 0.2) is 18.6 Å². The number of hydrogen-bond donors (Lipinski definition) is 2. The summed E-state index contributed by atoms with van der Waals surface area (Å²) in [6.07, 6.45) is 5.46. The number of nitrogen functional groups attached to an aromatic ring is 1. The molecule has 9 heteroatoms. The number of aromatic nitrogens is 4. The van der Waals surface area contributed by atoms with Gasteiger partial charge in [0.05, 0.1) is 16.8 Å². The SMILES string of the molecule is CCCn1cc(Nc2ncc([N+](=O)[O-])c(N)n2)cn1. The number of rotatable bonds is 5. The molecule has 2 aromatic rings. The van der Waals surface area contributed by atoms with Crippen LogP contribution in [-0.4, -0.2) is 24.7 Å². The van der Waals surface area contributed by atoms with Gasteiger partial charge in [0.25, 0.3) is 0 Å². The lowest BCUT2D eigenvalue weighted by Gasteiger charge is -2.02. The molecule has 0 saturated heterocycles. The van der Waals surface area contributed by atoms with Crippen LogP contribution in [0.3, 0.4) is 0 Å². The highest BCUT2D eigenvalue weighted by molar-refractivity contribution is 5.57. The van der Waals surface area contributed by atoms with Crippen molar-refractivity contribution in [3.63, 3.8) is 0 Å². The maximum absolute atomic E-state index is 10.6. The minimum atomic E-state index is -0.627. The highest BCUT2D eigenvalue weighted by atomic mass is 16.6. The number of hydrogen-bond acceptors (Lipinski definition) is 7. The van der Waals surface area contributed by atoms with Crippen molar-refractivity contribution < 1.29 is 4.92 Å². The smallest absolute Gasteiger partial charge is 0.329 e. The molecule has 0 bridgehead atoms. The monoisotopic (exact) mass is 263 g/mol. The first-order chi connectivity index (χ1) is 9.10. The van der Waals surface area contributed by atoms with Crippen molar-refractivity contribution in [2.45, 2.75) is 19.9 Å². The van der Waals surface area contributed by atoms with Crippen molar-refractivity contribution >= 4 is 23.1 Å². The zero-order valence-corrected chi connectivity index (χ0v) is 10.3. The Bertz CT molecular complexity index is 595. The number of aryl methyl sites for hydroxylation is 1. The van der Waals surface area contributed by atoms with Crippen LogP contribution < -0.4 is 11.1 Å². The van der Waals surface area contributed by atoms with E-state index in [0.717, 1.165) is 19.2 Å². The minimum Gasteiger partial charge on any atom is -0.378 e. The fraction of sp³-hybridized carbons (Fsp3) is 0.300. The van der Waals surface area contributed by atoms with E-state index in [-0.39, 0.29) is 17.5 Å². The van der Waals surface area contributed by atoms with Gasteiger partial charge in [-0.05, 0) is 6.42 Å². The molecule has 100 valence electrons. The Morgan fingerprint density at radius 1 is 1.53 bits per heavy atom. The van der Waals surface area contributed by atoms with Crippen molar-refractivity contribution in [3.8, 4) is 0 Å². The van der Waals surface area contributed by atoms with Crippen LogP contribution in [0, 0.1) is 10.1 Å². The van der Waals surface area contributed by atoms with Gasteiger partial charge in [-0.25, -0.2) is 4.98 Å². The lowest BCUT2D eigenvalue weighted by atomic mass is 10.5. The van der Waals surface area contributed by atoms with Gasteiger partial charge >= 0.3 is 5.69 Å². The van der Waals surface area contributed by atoms with E-state index in [2.05, 4.69) is 27.3 Å². The summed E-state index contributed by atoms with van der Waals surface area (Å²) in [4.78, 5) is 17.6. The normalized spacial score (nSPS) is 10.4. The molecular weight excluding hydrogens is 250 g/mol. The Labute approximate surface area is 108 Å². The standard InChI is InChI=1S/C10H13N7O2/c1-2-3-16-6-7(4-13-16)14-10-12-5-8(17(18)19)9(11)15-10/h4-6H,2-3H2,1H3,(H3,11,12,14,15). The predicted octanol–water partition coefficient (Wildman–Crippen LogP) is 1.32. The van der Waals surface area contributed by atoms with Gasteiger partial charge < -0.3 is 11.1 Å². The van der Waals surface area contributed by atoms with Crippen LogP contribution in [0.5, 0.6) is 0 Å². The van der Waals surface area contributed by atoms with Gasteiger partial charge in [0.1, 0.15) is 6.20 Å². The molecule has 3 N–H and O–H groups in total. The molecule has 0 spiro atoms. The van der Waals surface area contributed by atoms with Crippen LogP contribution in [0.1, 0.15) is 13.3 Å². The first-order valence-electron chi connectivity index (χ1n) is 5.66. The zero-order valence-electron chi connectivity index (χ0n) is 10.3. The van der Waals surface area contributed by atoms with E-state index < -0.39 is 4.92 Å². The van der Waals surface area contributed by atoms with Crippen LogP contribution in [-0.2, 0) is 6.54 Å². The molecule has 0 atom stereocenters. The van der Waals surface area contributed by atoms with Gasteiger partial charge in [-0.15, -0.1) is 0 Å². The fourth-order valence-electron chi connectivity index (χ4n) is 1.50. The average Bonchev–Trinajstić information content (AvgIpc) is 2.76. The Morgan fingerprint density at radius 3 is 2.95 bits per heavy atom. The molecule has 19 heavy (non-hydrogen) atoms. The molecule has 0 aliphatic carbocycles. The molecular formula is C10H13N7O2. The molecule has 0 aromatic carbocycles. The fourth-order valence-corrected chi connectivity index (χ4v) is 1.50. The molecule has 0 unspecified atom stereocenters. The van der Waals surface area contributed by atoms with E-state index in [1.807, 2.05) is 0 Å². The first-order valence-corrected chi connectivity index (χ1v) is 5.66. The number of nitro groups is 1. The lowest BCUT2D eigenvalue weighted by molar-refractivity contribution is -0.384. The molecule has 0 amide bonds. The van der Waals surface area contributed by atoms with Crippen molar-refractivity contribution in [2.75, 3.05) is 11.1 Å². The zero-order chi connectivity index (χ0) is 13.8. The lowest BCUT2D eigenvalue weighted by Crippen LogP contribution is -2.03. The minimum absolute atomic E-state index is 0.177. The second-order valence-electron chi connectivity index (χ2n) is 3.84. The topological polar surface area (TPSA) is 125 Å². The summed E-state index contributed by atoms with van der Waals surface area (Å²) in [7, 11) is 0.